The van der Waals surface area contributed by atoms with Gasteiger partial charge in [0.1, 0.15) is 18.1 Å². The molecule has 0 N–H and O–H groups in total. The third-order valence-corrected chi connectivity index (χ3v) is 6.29. The summed E-state index contributed by atoms with van der Waals surface area (Å²) in [6, 6.07) is 16.1. The molecular weight excluding hydrogens is 434 g/mol. The molecule has 5 rings (SSSR count). The summed E-state index contributed by atoms with van der Waals surface area (Å²) in [7, 11) is 0. The molecule has 2 aromatic carbocycles. The molecule has 0 aliphatic heterocycles. The lowest BCUT2D eigenvalue weighted by molar-refractivity contribution is 0.301. The zero-order valence-corrected chi connectivity index (χ0v) is 19.6. The van der Waals surface area contributed by atoms with Crippen molar-refractivity contribution in [3.8, 4) is 5.75 Å². The Hall–Kier alpha value is -3.38. The number of hydrogen-bond acceptors (Lipinski definition) is 4. The minimum Gasteiger partial charge on any atom is -0.487 e. The first-order valence-electron chi connectivity index (χ1n) is 11.3. The fraction of sp³-hybridized carbons (Fsp3) is 0.269. The number of rotatable bonds is 8. The van der Waals surface area contributed by atoms with Crippen molar-refractivity contribution in [3.05, 3.63) is 82.9 Å². The maximum Gasteiger partial charge on any atom is 0.134 e. The smallest absolute Gasteiger partial charge is 0.134 e. The first-order chi connectivity index (χ1) is 16.1. The molecule has 3 aromatic heterocycles. The summed E-state index contributed by atoms with van der Waals surface area (Å²) in [6.45, 7) is 6.18. The Morgan fingerprint density at radius 3 is 2.79 bits per heavy atom. The van der Waals surface area contributed by atoms with Gasteiger partial charge in [-0.15, -0.1) is 5.10 Å². The van der Waals surface area contributed by atoms with Crippen LogP contribution in [-0.2, 0) is 19.7 Å². The van der Waals surface area contributed by atoms with Crippen LogP contribution in [0.1, 0.15) is 36.7 Å². The maximum atomic E-state index is 6.26. The van der Waals surface area contributed by atoms with E-state index in [9.17, 15) is 0 Å². The number of halogens is 1. The highest BCUT2D eigenvalue weighted by atomic mass is 35.5. The fourth-order valence-electron chi connectivity index (χ4n) is 4.28. The highest BCUT2D eigenvalue weighted by Gasteiger charge is 2.14. The predicted molar refractivity (Wildman–Crippen MR) is 132 cm³/mol. The first-order valence-corrected chi connectivity index (χ1v) is 11.6. The lowest BCUT2D eigenvalue weighted by Gasteiger charge is -2.09. The summed E-state index contributed by atoms with van der Waals surface area (Å²) < 4.78 is 10.3. The van der Waals surface area contributed by atoms with Crippen molar-refractivity contribution in [1.82, 2.24) is 24.5 Å². The van der Waals surface area contributed by atoms with Crippen LogP contribution in [0.5, 0.6) is 5.75 Å². The zero-order chi connectivity index (χ0) is 22.8. The van der Waals surface area contributed by atoms with Crippen LogP contribution in [0.25, 0.3) is 21.8 Å². The Morgan fingerprint density at radius 1 is 1.06 bits per heavy atom. The van der Waals surface area contributed by atoms with Crippen LogP contribution in [0, 0.1) is 6.92 Å². The second kappa shape index (κ2) is 9.24. The highest BCUT2D eigenvalue weighted by Crippen LogP contribution is 2.33. The standard InChI is InChI=1S/C26H26ClN5O/c1-3-4-13-32-25-14-21(9-10-22(25)23-11-12-28-18(2)26(23)32)33-17-20-16-31(30-29-20)15-19-7-5-6-8-24(19)27/h5-12,14,16H,3-4,13,15,17H2,1-2H3. The number of ether oxygens (including phenoxy) is 1. The minimum atomic E-state index is 0.351. The van der Waals surface area contributed by atoms with Gasteiger partial charge in [-0.05, 0) is 43.2 Å². The minimum absolute atomic E-state index is 0.351. The van der Waals surface area contributed by atoms with Crippen molar-refractivity contribution >= 4 is 33.4 Å². The van der Waals surface area contributed by atoms with Crippen molar-refractivity contribution in [2.75, 3.05) is 0 Å². The van der Waals surface area contributed by atoms with E-state index < -0.39 is 0 Å². The van der Waals surface area contributed by atoms with Crippen LogP contribution >= 0.6 is 11.6 Å². The van der Waals surface area contributed by atoms with Crippen molar-refractivity contribution in [2.45, 2.75) is 46.4 Å². The molecule has 0 atom stereocenters. The second-order valence-electron chi connectivity index (χ2n) is 8.26. The molecule has 0 amide bonds. The van der Waals surface area contributed by atoms with E-state index in [-0.39, 0.29) is 0 Å². The third kappa shape index (κ3) is 4.31. The molecule has 0 bridgehead atoms. The molecule has 6 nitrogen and oxygen atoms in total. The number of benzene rings is 2. The highest BCUT2D eigenvalue weighted by molar-refractivity contribution is 6.31. The van der Waals surface area contributed by atoms with Gasteiger partial charge < -0.3 is 9.30 Å². The van der Waals surface area contributed by atoms with Crippen molar-refractivity contribution in [2.24, 2.45) is 0 Å². The van der Waals surface area contributed by atoms with E-state index in [1.165, 1.54) is 21.8 Å². The van der Waals surface area contributed by atoms with Crippen molar-refractivity contribution in [1.29, 1.82) is 0 Å². The van der Waals surface area contributed by atoms with E-state index in [2.05, 4.69) is 51.9 Å². The van der Waals surface area contributed by atoms with Crippen LogP contribution in [0.4, 0.5) is 0 Å². The van der Waals surface area contributed by atoms with E-state index in [0.717, 1.165) is 47.1 Å². The molecule has 0 fully saturated rings. The van der Waals surface area contributed by atoms with Crippen molar-refractivity contribution in [3.63, 3.8) is 0 Å². The van der Waals surface area contributed by atoms with Gasteiger partial charge >= 0.3 is 0 Å². The molecule has 168 valence electrons. The molecule has 0 spiro atoms. The van der Waals surface area contributed by atoms with Gasteiger partial charge in [0.15, 0.2) is 0 Å². The molecular formula is C26H26ClN5O. The number of unbranched alkanes of at least 4 members (excludes halogenated alkanes) is 1. The van der Waals surface area contributed by atoms with Crippen LogP contribution in [0.2, 0.25) is 5.02 Å². The summed E-state index contributed by atoms with van der Waals surface area (Å²) in [5.74, 6) is 0.814. The molecule has 0 saturated carbocycles. The van der Waals surface area contributed by atoms with Gasteiger partial charge in [0.25, 0.3) is 0 Å². The van der Waals surface area contributed by atoms with Crippen LogP contribution < -0.4 is 4.74 Å². The Balaban J connectivity index is 1.38. The molecule has 0 unspecified atom stereocenters. The van der Waals surface area contributed by atoms with Gasteiger partial charge in [-0.1, -0.05) is 48.4 Å². The molecule has 0 aliphatic carbocycles. The normalized spacial score (nSPS) is 11.5. The van der Waals surface area contributed by atoms with Crippen LogP contribution in [0.15, 0.2) is 60.9 Å². The Morgan fingerprint density at radius 2 is 1.94 bits per heavy atom. The average molecular weight is 460 g/mol. The van der Waals surface area contributed by atoms with Gasteiger partial charge in [0, 0.05) is 34.6 Å². The fourth-order valence-corrected chi connectivity index (χ4v) is 4.47. The zero-order valence-electron chi connectivity index (χ0n) is 18.8. The quantitative estimate of drug-likeness (QED) is 0.278. The number of fused-ring (bicyclic) bond motifs is 3. The molecule has 33 heavy (non-hydrogen) atoms. The summed E-state index contributed by atoms with van der Waals surface area (Å²) in [5, 5.41) is 11.7. The predicted octanol–water partition coefficient (Wildman–Crippen LogP) is 6.17. The molecule has 7 heteroatoms. The first kappa shape index (κ1) is 21.5. The largest absolute Gasteiger partial charge is 0.487 e. The van der Waals surface area contributed by atoms with Crippen molar-refractivity contribution < 1.29 is 4.74 Å². The Bertz CT molecular complexity index is 1420. The second-order valence-corrected chi connectivity index (χ2v) is 8.67. The Labute approximate surface area is 197 Å². The van der Waals surface area contributed by atoms with E-state index in [4.69, 9.17) is 16.3 Å². The number of aromatic nitrogens is 5. The van der Waals surface area contributed by atoms with Gasteiger partial charge in [-0.25, -0.2) is 4.68 Å². The van der Waals surface area contributed by atoms with Gasteiger partial charge in [-0.3, -0.25) is 4.98 Å². The van der Waals surface area contributed by atoms with E-state index in [1.54, 1.807) is 4.68 Å². The molecule has 0 aliphatic rings. The molecule has 0 radical (unpaired) electrons. The molecule has 0 saturated heterocycles. The van der Waals surface area contributed by atoms with Crippen LogP contribution in [0.3, 0.4) is 0 Å². The molecule has 3 heterocycles. The lowest BCUT2D eigenvalue weighted by atomic mass is 10.1. The van der Waals surface area contributed by atoms with E-state index in [0.29, 0.717) is 13.2 Å². The summed E-state index contributed by atoms with van der Waals surface area (Å²) in [5.41, 5.74) is 5.22. The SMILES string of the molecule is CCCCn1c2cc(OCc3cn(Cc4ccccc4Cl)nn3)ccc2c2ccnc(C)c21. The van der Waals surface area contributed by atoms with Gasteiger partial charge in [-0.2, -0.15) is 0 Å². The average Bonchev–Trinajstić information content (AvgIpc) is 3.40. The monoisotopic (exact) mass is 459 g/mol. The van der Waals surface area contributed by atoms with Crippen LogP contribution in [-0.4, -0.2) is 24.5 Å². The van der Waals surface area contributed by atoms with Gasteiger partial charge in [0.2, 0.25) is 0 Å². The number of aryl methyl sites for hydroxylation is 2. The van der Waals surface area contributed by atoms with Gasteiger partial charge in [0.05, 0.1) is 29.5 Å². The lowest BCUT2D eigenvalue weighted by Crippen LogP contribution is -2.01. The maximum absolute atomic E-state index is 6.26. The number of pyridine rings is 1. The van der Waals surface area contributed by atoms with E-state index in [1.807, 2.05) is 42.7 Å². The summed E-state index contributed by atoms with van der Waals surface area (Å²) in [6.07, 6.45) is 6.04. The number of nitrogens with zero attached hydrogens (tertiary/aromatic N) is 5. The third-order valence-electron chi connectivity index (χ3n) is 5.93. The topological polar surface area (TPSA) is 57.8 Å². The Kier molecular flexibility index (Phi) is 6.01. The molecule has 5 aromatic rings. The van der Waals surface area contributed by atoms with E-state index >= 15 is 0 Å². The summed E-state index contributed by atoms with van der Waals surface area (Å²) >= 11 is 6.26. The number of hydrogen-bond donors (Lipinski definition) is 0. The summed E-state index contributed by atoms with van der Waals surface area (Å²) in [4.78, 5) is 4.53.